The number of pyridine rings is 1. The Balaban J connectivity index is 2.18. The van der Waals surface area contributed by atoms with Crippen molar-refractivity contribution in [1.29, 1.82) is 0 Å². The smallest absolute Gasteiger partial charge is 0.303 e. The van der Waals surface area contributed by atoms with Crippen molar-refractivity contribution in [2.45, 2.75) is 19.8 Å². The van der Waals surface area contributed by atoms with E-state index in [2.05, 4.69) is 10.3 Å². The average Bonchev–Trinajstić information content (AvgIpc) is 2.46. The Morgan fingerprint density at radius 3 is 2.67 bits per heavy atom. The molecule has 5 heteroatoms. The molecule has 108 valence electrons. The summed E-state index contributed by atoms with van der Waals surface area (Å²) in [7, 11) is 0. The number of carbonyl (C=O) groups is 2. The molecule has 0 aliphatic rings. The Bertz CT molecular complexity index is 668. The third-order valence-electron chi connectivity index (χ3n) is 3.13. The van der Waals surface area contributed by atoms with Gasteiger partial charge in [-0.25, -0.2) is 0 Å². The second-order valence-electron chi connectivity index (χ2n) is 4.64. The number of hydrogen-bond acceptors (Lipinski definition) is 3. The van der Waals surface area contributed by atoms with Gasteiger partial charge in [-0.1, -0.05) is 18.2 Å². The first-order valence-electron chi connectivity index (χ1n) is 6.60. The summed E-state index contributed by atoms with van der Waals surface area (Å²) in [6.45, 7) is 1.77. The second-order valence-corrected chi connectivity index (χ2v) is 4.64. The van der Waals surface area contributed by atoms with Crippen LogP contribution in [0.15, 0.2) is 42.6 Å². The maximum atomic E-state index is 12.3. The molecule has 2 rings (SSSR count). The van der Waals surface area contributed by atoms with Gasteiger partial charge < -0.3 is 10.4 Å². The lowest BCUT2D eigenvalue weighted by Crippen LogP contribution is -2.15. The van der Waals surface area contributed by atoms with E-state index in [4.69, 9.17) is 5.11 Å². The van der Waals surface area contributed by atoms with Gasteiger partial charge in [-0.05, 0) is 37.1 Å². The van der Waals surface area contributed by atoms with Crippen LogP contribution in [0.5, 0.6) is 0 Å². The minimum atomic E-state index is -0.862. The first kappa shape index (κ1) is 14.7. The first-order valence-corrected chi connectivity index (χ1v) is 6.60. The molecule has 1 amide bonds. The zero-order valence-electron chi connectivity index (χ0n) is 11.7. The summed E-state index contributed by atoms with van der Waals surface area (Å²) in [5, 5.41) is 11.6. The number of carboxylic acid groups (broad SMARTS) is 1. The van der Waals surface area contributed by atoms with Gasteiger partial charge in [-0.3, -0.25) is 14.6 Å². The normalized spacial score (nSPS) is 10.1. The van der Waals surface area contributed by atoms with Gasteiger partial charge in [0, 0.05) is 24.0 Å². The number of aromatic nitrogens is 1. The molecule has 0 spiro atoms. The van der Waals surface area contributed by atoms with Crippen molar-refractivity contribution in [3.63, 3.8) is 0 Å². The quantitative estimate of drug-likeness (QED) is 0.884. The molecule has 2 N–H and O–H groups in total. The Hall–Kier alpha value is -2.69. The number of para-hydroxylation sites is 1. The molecule has 0 atom stereocenters. The van der Waals surface area contributed by atoms with E-state index < -0.39 is 5.97 Å². The highest BCUT2D eigenvalue weighted by molar-refractivity contribution is 6.05. The lowest BCUT2D eigenvalue weighted by molar-refractivity contribution is -0.136. The summed E-state index contributed by atoms with van der Waals surface area (Å²) in [4.78, 5) is 27.0. The molecular weight excluding hydrogens is 268 g/mol. The van der Waals surface area contributed by atoms with E-state index in [0.29, 0.717) is 23.4 Å². The molecule has 0 aliphatic carbocycles. The highest BCUT2D eigenvalue weighted by Gasteiger charge is 2.12. The van der Waals surface area contributed by atoms with Crippen LogP contribution >= 0.6 is 0 Å². The molecule has 0 unspecified atom stereocenters. The Kier molecular flexibility index (Phi) is 4.66. The number of benzene rings is 1. The van der Waals surface area contributed by atoms with Gasteiger partial charge in [0.25, 0.3) is 5.91 Å². The zero-order valence-corrected chi connectivity index (χ0v) is 11.7. The number of amides is 1. The third-order valence-corrected chi connectivity index (χ3v) is 3.13. The molecule has 0 aliphatic heterocycles. The Morgan fingerprint density at radius 2 is 1.95 bits per heavy atom. The fourth-order valence-corrected chi connectivity index (χ4v) is 2.02. The van der Waals surface area contributed by atoms with Crippen LogP contribution < -0.4 is 5.32 Å². The van der Waals surface area contributed by atoms with Crippen molar-refractivity contribution in [2.24, 2.45) is 0 Å². The summed E-state index contributed by atoms with van der Waals surface area (Å²) in [6.07, 6.45) is 2.03. The maximum Gasteiger partial charge on any atom is 0.303 e. The van der Waals surface area contributed by atoms with Gasteiger partial charge in [0.05, 0.1) is 5.56 Å². The van der Waals surface area contributed by atoms with E-state index >= 15 is 0 Å². The Morgan fingerprint density at radius 1 is 1.19 bits per heavy atom. The molecule has 0 fully saturated rings. The number of carboxylic acids is 1. The topological polar surface area (TPSA) is 79.3 Å². The standard InChI is InChI=1S/C16H16N2O3/c1-11-13(6-4-10-17-11)16(21)18-14-7-3-2-5-12(14)8-9-15(19)20/h2-7,10H,8-9H2,1H3,(H,18,21)(H,19,20). The zero-order chi connectivity index (χ0) is 15.2. The van der Waals surface area contributed by atoms with Gasteiger partial charge in [0.1, 0.15) is 0 Å². The van der Waals surface area contributed by atoms with Crippen LogP contribution in [0.2, 0.25) is 0 Å². The highest BCUT2D eigenvalue weighted by Crippen LogP contribution is 2.18. The number of anilines is 1. The molecule has 2 aromatic rings. The molecule has 1 aromatic carbocycles. The molecule has 0 bridgehead atoms. The lowest BCUT2D eigenvalue weighted by Gasteiger charge is -2.11. The van der Waals surface area contributed by atoms with Crippen molar-refractivity contribution in [3.05, 3.63) is 59.4 Å². The number of aliphatic carboxylic acids is 1. The monoisotopic (exact) mass is 284 g/mol. The molecule has 1 aromatic heterocycles. The predicted molar refractivity (Wildman–Crippen MR) is 79.3 cm³/mol. The number of hydrogen-bond donors (Lipinski definition) is 2. The van der Waals surface area contributed by atoms with Gasteiger partial charge >= 0.3 is 5.97 Å². The lowest BCUT2D eigenvalue weighted by atomic mass is 10.1. The van der Waals surface area contributed by atoms with E-state index in [-0.39, 0.29) is 12.3 Å². The maximum absolute atomic E-state index is 12.3. The summed E-state index contributed by atoms with van der Waals surface area (Å²) >= 11 is 0. The van der Waals surface area contributed by atoms with Crippen LogP contribution in [-0.2, 0) is 11.2 Å². The van der Waals surface area contributed by atoms with E-state index in [1.807, 2.05) is 12.1 Å². The molecule has 0 radical (unpaired) electrons. The third kappa shape index (κ3) is 3.89. The van der Waals surface area contributed by atoms with Crippen molar-refractivity contribution < 1.29 is 14.7 Å². The van der Waals surface area contributed by atoms with Crippen LogP contribution in [0, 0.1) is 6.92 Å². The van der Waals surface area contributed by atoms with E-state index in [1.165, 1.54) is 0 Å². The van der Waals surface area contributed by atoms with Crippen LogP contribution in [0.25, 0.3) is 0 Å². The first-order chi connectivity index (χ1) is 10.1. The van der Waals surface area contributed by atoms with Crippen LogP contribution in [0.4, 0.5) is 5.69 Å². The average molecular weight is 284 g/mol. The molecule has 0 saturated carbocycles. The molecule has 1 heterocycles. The molecule has 0 saturated heterocycles. The van der Waals surface area contributed by atoms with Crippen molar-refractivity contribution in [3.8, 4) is 0 Å². The summed E-state index contributed by atoms with van der Waals surface area (Å²) in [6, 6.07) is 10.6. The van der Waals surface area contributed by atoms with Gasteiger partial charge in [-0.2, -0.15) is 0 Å². The van der Waals surface area contributed by atoms with Crippen molar-refractivity contribution >= 4 is 17.6 Å². The van der Waals surface area contributed by atoms with Crippen molar-refractivity contribution in [1.82, 2.24) is 4.98 Å². The number of nitrogens with zero attached hydrogens (tertiary/aromatic N) is 1. The summed E-state index contributed by atoms with van der Waals surface area (Å²) in [5.41, 5.74) is 2.59. The largest absolute Gasteiger partial charge is 0.481 e. The fraction of sp³-hybridized carbons (Fsp3) is 0.188. The second kappa shape index (κ2) is 6.65. The minimum absolute atomic E-state index is 0.0266. The van der Waals surface area contributed by atoms with Gasteiger partial charge in [0.15, 0.2) is 0 Å². The number of rotatable bonds is 5. The van der Waals surface area contributed by atoms with E-state index in [0.717, 1.165) is 5.56 Å². The number of aryl methyl sites for hydroxylation is 2. The molecule has 5 nitrogen and oxygen atoms in total. The van der Waals surface area contributed by atoms with Gasteiger partial charge in [0.2, 0.25) is 0 Å². The molecular formula is C16H16N2O3. The predicted octanol–water partition coefficient (Wildman–Crippen LogP) is 2.66. The number of nitrogens with one attached hydrogen (secondary N) is 1. The Labute approximate surface area is 122 Å². The van der Waals surface area contributed by atoms with Gasteiger partial charge in [-0.15, -0.1) is 0 Å². The summed E-state index contributed by atoms with van der Waals surface area (Å²) < 4.78 is 0. The van der Waals surface area contributed by atoms with Crippen LogP contribution in [0.1, 0.15) is 28.0 Å². The van der Waals surface area contributed by atoms with E-state index in [9.17, 15) is 9.59 Å². The fourth-order valence-electron chi connectivity index (χ4n) is 2.02. The minimum Gasteiger partial charge on any atom is -0.481 e. The number of carbonyl (C=O) groups excluding carboxylic acids is 1. The van der Waals surface area contributed by atoms with Crippen LogP contribution in [-0.4, -0.2) is 22.0 Å². The highest BCUT2D eigenvalue weighted by atomic mass is 16.4. The summed E-state index contributed by atoms with van der Waals surface area (Å²) in [5.74, 6) is -1.11. The van der Waals surface area contributed by atoms with Crippen LogP contribution in [0.3, 0.4) is 0 Å². The molecule has 21 heavy (non-hydrogen) atoms. The van der Waals surface area contributed by atoms with E-state index in [1.54, 1.807) is 37.4 Å². The SMILES string of the molecule is Cc1ncccc1C(=O)Nc1ccccc1CCC(=O)O. The van der Waals surface area contributed by atoms with Crippen molar-refractivity contribution in [2.75, 3.05) is 5.32 Å².